The lowest BCUT2D eigenvalue weighted by Gasteiger charge is -2.11. The second-order valence-electron chi connectivity index (χ2n) is 5.53. The maximum Gasteiger partial charge on any atom is 0.224 e. The van der Waals surface area contributed by atoms with Crippen molar-refractivity contribution in [2.45, 2.75) is 18.9 Å². The summed E-state index contributed by atoms with van der Waals surface area (Å²) in [7, 11) is -2.96. The normalized spacial score (nSPS) is 20.5. The first kappa shape index (κ1) is 14.1. The lowest BCUT2D eigenvalue weighted by atomic mass is 10.0. The van der Waals surface area contributed by atoms with E-state index in [2.05, 4.69) is 5.32 Å². The van der Waals surface area contributed by atoms with E-state index in [1.807, 2.05) is 42.5 Å². The highest BCUT2D eigenvalue weighted by molar-refractivity contribution is 7.91. The van der Waals surface area contributed by atoms with Gasteiger partial charge in [0.15, 0.2) is 9.84 Å². The van der Waals surface area contributed by atoms with Crippen LogP contribution in [0.15, 0.2) is 42.5 Å². The molecule has 0 spiro atoms. The summed E-state index contributed by atoms with van der Waals surface area (Å²) in [5.41, 5.74) is 0.937. The largest absolute Gasteiger partial charge is 0.352 e. The van der Waals surface area contributed by atoms with Crippen molar-refractivity contribution >= 4 is 26.5 Å². The standard InChI is InChI=1S/C16H17NO3S/c18-16(17-15-7-8-21(19,20)11-15)10-12-5-6-13-3-1-2-4-14(13)9-12/h1-6,9,15H,7-8,10-11H2,(H,17,18). The van der Waals surface area contributed by atoms with E-state index in [-0.39, 0.29) is 29.9 Å². The predicted molar refractivity (Wildman–Crippen MR) is 82.9 cm³/mol. The highest BCUT2D eigenvalue weighted by atomic mass is 32.2. The molecular formula is C16H17NO3S. The van der Waals surface area contributed by atoms with Gasteiger partial charge in [0.2, 0.25) is 5.91 Å². The fourth-order valence-electron chi connectivity index (χ4n) is 2.72. The third-order valence-corrected chi connectivity index (χ3v) is 5.54. The van der Waals surface area contributed by atoms with Gasteiger partial charge in [-0.1, -0.05) is 42.5 Å². The van der Waals surface area contributed by atoms with Crippen LogP contribution >= 0.6 is 0 Å². The van der Waals surface area contributed by atoms with E-state index < -0.39 is 9.84 Å². The number of benzene rings is 2. The molecule has 1 aliphatic heterocycles. The summed E-state index contributed by atoms with van der Waals surface area (Å²) >= 11 is 0. The minimum absolute atomic E-state index is 0.0659. The third-order valence-electron chi connectivity index (χ3n) is 3.78. The second-order valence-corrected chi connectivity index (χ2v) is 7.75. The Hall–Kier alpha value is -1.88. The number of fused-ring (bicyclic) bond motifs is 1. The van der Waals surface area contributed by atoms with E-state index in [9.17, 15) is 13.2 Å². The number of amides is 1. The minimum Gasteiger partial charge on any atom is -0.352 e. The zero-order valence-electron chi connectivity index (χ0n) is 11.6. The molecule has 1 fully saturated rings. The van der Waals surface area contributed by atoms with Crippen LogP contribution in [-0.4, -0.2) is 31.9 Å². The van der Waals surface area contributed by atoms with E-state index in [0.29, 0.717) is 6.42 Å². The van der Waals surface area contributed by atoms with E-state index in [0.717, 1.165) is 16.3 Å². The molecule has 1 aliphatic rings. The van der Waals surface area contributed by atoms with Crippen molar-refractivity contribution < 1.29 is 13.2 Å². The van der Waals surface area contributed by atoms with E-state index in [4.69, 9.17) is 0 Å². The lowest BCUT2D eigenvalue weighted by molar-refractivity contribution is -0.120. The van der Waals surface area contributed by atoms with Gasteiger partial charge >= 0.3 is 0 Å². The average Bonchev–Trinajstić information content (AvgIpc) is 2.77. The summed E-state index contributed by atoms with van der Waals surface area (Å²) in [6.07, 6.45) is 0.799. The van der Waals surface area contributed by atoms with Crippen LogP contribution in [0.3, 0.4) is 0 Å². The Morgan fingerprint density at radius 2 is 1.90 bits per heavy atom. The number of sulfone groups is 1. The summed E-state index contributed by atoms with van der Waals surface area (Å²) < 4.78 is 22.8. The van der Waals surface area contributed by atoms with Crippen LogP contribution in [0.5, 0.6) is 0 Å². The van der Waals surface area contributed by atoms with Gasteiger partial charge in [-0.15, -0.1) is 0 Å². The van der Waals surface area contributed by atoms with Crippen molar-refractivity contribution in [2.75, 3.05) is 11.5 Å². The number of rotatable bonds is 3. The smallest absolute Gasteiger partial charge is 0.224 e. The first-order valence-electron chi connectivity index (χ1n) is 6.99. The third kappa shape index (κ3) is 3.42. The van der Waals surface area contributed by atoms with Gasteiger partial charge < -0.3 is 5.32 Å². The Labute approximate surface area is 124 Å². The molecule has 1 saturated heterocycles. The van der Waals surface area contributed by atoms with Crippen LogP contribution in [0.2, 0.25) is 0 Å². The van der Waals surface area contributed by atoms with Crippen LogP contribution in [0.1, 0.15) is 12.0 Å². The summed E-state index contributed by atoms with van der Waals surface area (Å²) in [4.78, 5) is 12.0. The summed E-state index contributed by atoms with van der Waals surface area (Å²) in [5, 5.41) is 5.06. The molecule has 1 amide bonds. The van der Waals surface area contributed by atoms with Crippen LogP contribution in [0, 0.1) is 0 Å². The van der Waals surface area contributed by atoms with Crippen LogP contribution < -0.4 is 5.32 Å². The number of hydrogen-bond acceptors (Lipinski definition) is 3. The molecular weight excluding hydrogens is 286 g/mol. The quantitative estimate of drug-likeness (QED) is 0.938. The van der Waals surface area contributed by atoms with Crippen LogP contribution in [-0.2, 0) is 21.1 Å². The Kier molecular flexibility index (Phi) is 3.68. The maximum atomic E-state index is 12.0. The van der Waals surface area contributed by atoms with Crippen LogP contribution in [0.25, 0.3) is 10.8 Å². The summed E-state index contributed by atoms with van der Waals surface area (Å²) in [6, 6.07) is 13.7. The predicted octanol–water partition coefficient (Wildman–Crippen LogP) is 1.69. The molecule has 110 valence electrons. The van der Waals surface area contributed by atoms with Gasteiger partial charge in [0, 0.05) is 6.04 Å². The van der Waals surface area contributed by atoms with Gasteiger partial charge in [-0.25, -0.2) is 8.42 Å². The molecule has 0 aromatic heterocycles. The maximum absolute atomic E-state index is 12.0. The number of carbonyl (C=O) groups excluding carboxylic acids is 1. The van der Waals surface area contributed by atoms with Crippen molar-refractivity contribution in [3.05, 3.63) is 48.0 Å². The molecule has 3 rings (SSSR count). The molecule has 5 heteroatoms. The summed E-state index contributed by atoms with van der Waals surface area (Å²) in [6.45, 7) is 0. The number of hydrogen-bond donors (Lipinski definition) is 1. The van der Waals surface area contributed by atoms with E-state index >= 15 is 0 Å². The fourth-order valence-corrected chi connectivity index (χ4v) is 4.40. The van der Waals surface area contributed by atoms with Crippen molar-refractivity contribution in [2.24, 2.45) is 0 Å². The van der Waals surface area contributed by atoms with Gasteiger partial charge in [0.25, 0.3) is 0 Å². The average molecular weight is 303 g/mol. The Morgan fingerprint density at radius 1 is 1.14 bits per heavy atom. The van der Waals surface area contributed by atoms with Crippen molar-refractivity contribution in [1.82, 2.24) is 5.32 Å². The molecule has 0 bridgehead atoms. The van der Waals surface area contributed by atoms with Gasteiger partial charge in [-0.3, -0.25) is 4.79 Å². The Bertz CT molecular complexity index is 783. The molecule has 1 atom stereocenters. The SMILES string of the molecule is O=C(Cc1ccc2ccccc2c1)NC1CCS(=O)(=O)C1. The first-order valence-corrected chi connectivity index (χ1v) is 8.81. The van der Waals surface area contributed by atoms with E-state index in [1.54, 1.807) is 0 Å². The Morgan fingerprint density at radius 3 is 2.62 bits per heavy atom. The zero-order chi connectivity index (χ0) is 14.9. The molecule has 2 aromatic carbocycles. The van der Waals surface area contributed by atoms with Crippen molar-refractivity contribution in [3.8, 4) is 0 Å². The molecule has 0 saturated carbocycles. The molecule has 1 heterocycles. The number of carbonyl (C=O) groups is 1. The van der Waals surface area contributed by atoms with Crippen LogP contribution in [0.4, 0.5) is 0 Å². The zero-order valence-corrected chi connectivity index (χ0v) is 12.4. The van der Waals surface area contributed by atoms with Gasteiger partial charge in [0.05, 0.1) is 17.9 Å². The highest BCUT2D eigenvalue weighted by Crippen LogP contribution is 2.16. The first-order chi connectivity index (χ1) is 10.0. The molecule has 4 nitrogen and oxygen atoms in total. The van der Waals surface area contributed by atoms with Gasteiger partial charge in [-0.2, -0.15) is 0 Å². The molecule has 2 aromatic rings. The molecule has 21 heavy (non-hydrogen) atoms. The molecule has 1 unspecified atom stereocenters. The molecule has 0 aliphatic carbocycles. The van der Waals surface area contributed by atoms with Gasteiger partial charge in [-0.05, 0) is 22.8 Å². The molecule has 1 N–H and O–H groups in total. The topological polar surface area (TPSA) is 63.2 Å². The lowest BCUT2D eigenvalue weighted by Crippen LogP contribution is -2.36. The minimum atomic E-state index is -2.96. The molecule has 0 radical (unpaired) electrons. The van der Waals surface area contributed by atoms with Gasteiger partial charge in [0.1, 0.15) is 0 Å². The number of nitrogens with one attached hydrogen (secondary N) is 1. The Balaban J connectivity index is 1.66. The summed E-state index contributed by atoms with van der Waals surface area (Å²) in [5.74, 6) is 0.122. The highest BCUT2D eigenvalue weighted by Gasteiger charge is 2.28. The fraction of sp³-hybridized carbons (Fsp3) is 0.312. The monoisotopic (exact) mass is 303 g/mol. The second kappa shape index (κ2) is 5.48. The van der Waals surface area contributed by atoms with Crippen molar-refractivity contribution in [3.63, 3.8) is 0 Å². The van der Waals surface area contributed by atoms with E-state index in [1.165, 1.54) is 0 Å². The van der Waals surface area contributed by atoms with Crippen molar-refractivity contribution in [1.29, 1.82) is 0 Å².